The fourth-order valence-electron chi connectivity index (χ4n) is 2.22. The van der Waals surface area contributed by atoms with Crippen molar-refractivity contribution in [2.45, 2.75) is 0 Å². The van der Waals surface area contributed by atoms with Crippen LogP contribution in [0.1, 0.15) is 0 Å². The number of hydrogen-bond acceptors (Lipinski definition) is 2. The fraction of sp³-hybridized carbons (Fsp3) is 0. The van der Waals surface area contributed by atoms with Crippen molar-refractivity contribution in [2.75, 3.05) is 0 Å². The summed E-state index contributed by atoms with van der Waals surface area (Å²) < 4.78 is 4.55. The molecule has 5 heteroatoms. The molecule has 0 atom stereocenters. The number of carbonyl (C=O) groups is 1. The topological polar surface area (TPSA) is 40.1 Å². The Morgan fingerprint density at radius 3 is 1.23 bits per heavy atom. The summed E-state index contributed by atoms with van der Waals surface area (Å²) in [6.45, 7) is 0. The van der Waals surface area contributed by atoms with Crippen LogP contribution in [-0.4, -0.2) is 26.2 Å². The number of carboxylic acids is 1. The van der Waals surface area contributed by atoms with E-state index in [0.29, 0.717) is 0 Å². The Balaban J connectivity index is 0.000000298. The Labute approximate surface area is 170 Å². The molecule has 0 bridgehead atoms. The van der Waals surface area contributed by atoms with Crippen LogP contribution in [0.4, 0.5) is 0 Å². The van der Waals surface area contributed by atoms with E-state index in [2.05, 4.69) is 91.0 Å². The third-order valence-corrected chi connectivity index (χ3v) is 10.9. The van der Waals surface area contributed by atoms with Crippen LogP contribution in [-0.2, 0) is 4.79 Å². The SMILES string of the molecule is O=C([O-])/C(Cl)=C/Cl.c1cc[c]([Sb]([c]2ccccc2)[c]2ccccc2)cc1. The molecule has 2 nitrogen and oxygen atoms in total. The molecular weight excluding hydrogens is 477 g/mol. The van der Waals surface area contributed by atoms with Crippen molar-refractivity contribution in [3.05, 3.63) is 102 Å². The molecule has 3 rings (SSSR count). The van der Waals surface area contributed by atoms with Gasteiger partial charge in [0.2, 0.25) is 0 Å². The van der Waals surface area contributed by atoms with E-state index in [-0.39, 0.29) is 0 Å². The first-order chi connectivity index (χ1) is 12.6. The Hall–Kier alpha value is -1.73. The standard InChI is InChI=1S/3C6H5.C3H2Cl2O2.Sb/c3*1-2-4-6-5-3-1;4-1-2(5)3(6)7;/h3*1-5H;1H,(H,6,7);/p-1/b;;;2-1-;. The second-order valence-corrected chi connectivity index (χ2v) is 12.0. The molecule has 26 heavy (non-hydrogen) atoms. The second-order valence-electron chi connectivity index (χ2n) is 5.09. The summed E-state index contributed by atoms with van der Waals surface area (Å²) in [5.41, 5.74) is 0.733. The molecule has 0 aromatic heterocycles. The molecule has 132 valence electrons. The third kappa shape index (κ3) is 6.21. The van der Waals surface area contributed by atoms with E-state index in [0.717, 1.165) is 5.54 Å². The van der Waals surface area contributed by atoms with Gasteiger partial charge >= 0.3 is 122 Å². The summed E-state index contributed by atoms with van der Waals surface area (Å²) in [7, 11) is 0. The third-order valence-electron chi connectivity index (χ3n) is 3.33. The molecule has 0 fully saturated rings. The predicted molar refractivity (Wildman–Crippen MR) is 109 cm³/mol. The van der Waals surface area contributed by atoms with E-state index in [1.54, 1.807) is 0 Å². The van der Waals surface area contributed by atoms with Crippen LogP contribution in [0.25, 0.3) is 0 Å². The van der Waals surface area contributed by atoms with Crippen molar-refractivity contribution < 1.29 is 9.90 Å². The van der Waals surface area contributed by atoms with Gasteiger partial charge in [-0.2, -0.15) is 0 Å². The molecular formula is C21H16Cl2O2Sb-. The zero-order chi connectivity index (χ0) is 18.8. The Bertz CT molecular complexity index is 744. The molecule has 0 heterocycles. The van der Waals surface area contributed by atoms with E-state index in [1.165, 1.54) is 10.5 Å². The van der Waals surface area contributed by atoms with Gasteiger partial charge in [-0.15, -0.1) is 0 Å². The van der Waals surface area contributed by atoms with Gasteiger partial charge in [0.05, 0.1) is 11.0 Å². The zero-order valence-corrected chi connectivity index (χ0v) is 17.8. The van der Waals surface area contributed by atoms with Crippen LogP contribution in [0.5, 0.6) is 0 Å². The molecule has 3 aromatic carbocycles. The average molecular weight is 493 g/mol. The molecule has 0 saturated heterocycles. The van der Waals surface area contributed by atoms with Crippen molar-refractivity contribution in [2.24, 2.45) is 0 Å². The molecule has 0 unspecified atom stereocenters. The fourth-order valence-corrected chi connectivity index (χ4v) is 8.89. The summed E-state index contributed by atoms with van der Waals surface area (Å²) in [4.78, 5) is 9.53. The minimum absolute atomic E-state index is 0.485. The average Bonchev–Trinajstić information content (AvgIpc) is 2.70. The Morgan fingerprint density at radius 2 is 1.04 bits per heavy atom. The van der Waals surface area contributed by atoms with Crippen LogP contribution in [0.3, 0.4) is 0 Å². The van der Waals surface area contributed by atoms with E-state index in [9.17, 15) is 9.90 Å². The molecule has 0 N–H and O–H groups in total. The number of carbonyl (C=O) groups excluding carboxylic acids is 1. The molecule has 0 radical (unpaired) electrons. The van der Waals surface area contributed by atoms with Gasteiger partial charge in [-0.05, 0) is 0 Å². The van der Waals surface area contributed by atoms with Gasteiger partial charge < -0.3 is 9.90 Å². The number of carboxylic acid groups (broad SMARTS) is 1. The summed E-state index contributed by atoms with van der Waals surface area (Å²) in [6.07, 6.45) is 0. The van der Waals surface area contributed by atoms with Gasteiger partial charge in [-0.3, -0.25) is 0 Å². The van der Waals surface area contributed by atoms with Crippen molar-refractivity contribution >= 4 is 59.9 Å². The van der Waals surface area contributed by atoms with Crippen LogP contribution >= 0.6 is 23.2 Å². The molecule has 0 aliphatic rings. The van der Waals surface area contributed by atoms with Crippen LogP contribution in [0, 0.1) is 0 Å². The van der Waals surface area contributed by atoms with Crippen molar-refractivity contribution in [3.8, 4) is 0 Å². The van der Waals surface area contributed by atoms with Gasteiger partial charge in [-0.25, -0.2) is 0 Å². The molecule has 0 spiro atoms. The number of hydrogen-bond donors (Lipinski definition) is 0. The van der Waals surface area contributed by atoms with Crippen molar-refractivity contribution in [1.29, 1.82) is 0 Å². The van der Waals surface area contributed by atoms with Crippen LogP contribution in [0.2, 0.25) is 0 Å². The summed E-state index contributed by atoms with van der Waals surface area (Å²) in [5.74, 6) is -1.46. The molecule has 0 amide bonds. The number of rotatable bonds is 4. The summed E-state index contributed by atoms with van der Waals surface area (Å²) in [5, 5.41) is 9.05. The quantitative estimate of drug-likeness (QED) is 0.414. The van der Waals surface area contributed by atoms with E-state index in [1.807, 2.05) is 0 Å². The first-order valence-electron chi connectivity index (χ1n) is 7.76. The van der Waals surface area contributed by atoms with E-state index < -0.39 is 31.2 Å². The van der Waals surface area contributed by atoms with Gasteiger partial charge in [0.25, 0.3) is 0 Å². The van der Waals surface area contributed by atoms with Crippen molar-refractivity contribution in [1.82, 2.24) is 0 Å². The minimum atomic E-state index is -1.83. The first kappa shape index (κ1) is 20.6. The zero-order valence-electron chi connectivity index (χ0n) is 13.8. The van der Waals surface area contributed by atoms with E-state index >= 15 is 0 Å². The van der Waals surface area contributed by atoms with Gasteiger partial charge in [0.1, 0.15) is 0 Å². The number of benzene rings is 3. The van der Waals surface area contributed by atoms with Crippen LogP contribution in [0.15, 0.2) is 102 Å². The molecule has 0 aliphatic carbocycles. The van der Waals surface area contributed by atoms with E-state index in [4.69, 9.17) is 23.2 Å². The Kier molecular flexibility index (Phi) is 8.77. The second kappa shape index (κ2) is 11.1. The van der Waals surface area contributed by atoms with Gasteiger partial charge in [0.15, 0.2) is 0 Å². The van der Waals surface area contributed by atoms with Gasteiger partial charge in [-0.1, -0.05) is 23.2 Å². The number of aliphatic carboxylic acids is 1. The Morgan fingerprint density at radius 1 is 0.731 bits per heavy atom. The summed E-state index contributed by atoms with van der Waals surface area (Å²) >= 11 is 7.87. The molecule has 0 saturated carbocycles. The molecule has 0 aliphatic heterocycles. The van der Waals surface area contributed by atoms with Crippen molar-refractivity contribution in [3.63, 3.8) is 0 Å². The maximum atomic E-state index is 9.53. The normalized spacial score (nSPS) is 10.8. The first-order valence-corrected chi connectivity index (χ1v) is 12.4. The summed E-state index contributed by atoms with van der Waals surface area (Å²) in [6, 6.07) is 32.9. The maximum absolute atomic E-state index is 9.53. The monoisotopic (exact) mass is 491 g/mol. The molecule has 3 aromatic rings. The predicted octanol–water partition coefficient (Wildman–Crippen LogP) is 2.26. The number of halogens is 2. The van der Waals surface area contributed by atoms with Crippen LogP contribution < -0.4 is 15.6 Å². The van der Waals surface area contributed by atoms with Gasteiger partial charge in [0, 0.05) is 5.54 Å².